The van der Waals surface area contributed by atoms with E-state index in [0.717, 1.165) is 35.7 Å². The molecule has 1 amide bonds. The SMILES string of the molecule is CC(=O)N1N=C(c2cc(F)ccc2F)SC12c1ccccc1CC2CCN. The van der Waals surface area contributed by atoms with Crippen LogP contribution in [0.4, 0.5) is 8.78 Å². The monoisotopic (exact) mass is 387 g/mol. The first kappa shape index (κ1) is 18.1. The van der Waals surface area contributed by atoms with E-state index in [0.29, 0.717) is 18.0 Å². The smallest absolute Gasteiger partial charge is 0.241 e. The van der Waals surface area contributed by atoms with Gasteiger partial charge in [0, 0.05) is 18.4 Å². The number of benzene rings is 2. The molecule has 2 atom stereocenters. The molecule has 0 bridgehead atoms. The fourth-order valence-corrected chi connectivity index (χ4v) is 5.66. The molecule has 7 heteroatoms. The highest BCUT2D eigenvalue weighted by Crippen LogP contribution is 2.58. The van der Waals surface area contributed by atoms with Crippen LogP contribution in [0.1, 0.15) is 30.0 Å². The third kappa shape index (κ3) is 2.76. The quantitative estimate of drug-likeness (QED) is 0.876. The van der Waals surface area contributed by atoms with Crippen LogP contribution in [-0.4, -0.2) is 22.5 Å². The molecule has 4 nitrogen and oxygen atoms in total. The summed E-state index contributed by atoms with van der Waals surface area (Å²) in [7, 11) is 0. The molecule has 0 fully saturated rings. The van der Waals surface area contributed by atoms with Crippen LogP contribution in [0.15, 0.2) is 47.6 Å². The van der Waals surface area contributed by atoms with E-state index in [1.54, 1.807) is 0 Å². The summed E-state index contributed by atoms with van der Waals surface area (Å²) in [5.41, 5.74) is 8.03. The molecule has 1 heterocycles. The Morgan fingerprint density at radius 2 is 2.11 bits per heavy atom. The largest absolute Gasteiger partial charge is 0.330 e. The second kappa shape index (κ2) is 6.73. The van der Waals surface area contributed by atoms with Crippen molar-refractivity contribution in [1.29, 1.82) is 0 Å². The van der Waals surface area contributed by atoms with Crippen molar-refractivity contribution in [3.63, 3.8) is 0 Å². The number of nitrogens with two attached hydrogens (primary N) is 1. The average Bonchev–Trinajstić information content (AvgIpc) is 3.18. The molecule has 0 saturated carbocycles. The molecule has 2 aromatic rings. The van der Waals surface area contributed by atoms with Gasteiger partial charge >= 0.3 is 0 Å². The number of hydrazone groups is 1. The fraction of sp³-hybridized carbons (Fsp3) is 0.300. The number of halogens is 2. The van der Waals surface area contributed by atoms with Crippen molar-refractivity contribution < 1.29 is 13.6 Å². The Hall–Kier alpha value is -2.25. The van der Waals surface area contributed by atoms with E-state index >= 15 is 0 Å². The van der Waals surface area contributed by atoms with Gasteiger partial charge in [0.2, 0.25) is 5.91 Å². The van der Waals surface area contributed by atoms with Crippen LogP contribution in [0, 0.1) is 17.6 Å². The first-order valence-electron chi connectivity index (χ1n) is 8.79. The molecule has 1 aliphatic carbocycles. The minimum atomic E-state index is -0.782. The second-order valence-electron chi connectivity index (χ2n) is 6.79. The lowest BCUT2D eigenvalue weighted by Gasteiger charge is -2.37. The van der Waals surface area contributed by atoms with Crippen LogP contribution in [0.5, 0.6) is 0 Å². The summed E-state index contributed by atoms with van der Waals surface area (Å²) in [6, 6.07) is 11.2. The van der Waals surface area contributed by atoms with Crippen LogP contribution in [-0.2, 0) is 16.1 Å². The average molecular weight is 387 g/mol. The van der Waals surface area contributed by atoms with Gasteiger partial charge in [-0.1, -0.05) is 36.0 Å². The second-order valence-corrected chi connectivity index (χ2v) is 8.01. The Bertz CT molecular complexity index is 949. The van der Waals surface area contributed by atoms with Crippen LogP contribution in [0.3, 0.4) is 0 Å². The van der Waals surface area contributed by atoms with Gasteiger partial charge in [0.1, 0.15) is 21.5 Å². The number of fused-ring (bicyclic) bond motifs is 2. The highest BCUT2D eigenvalue weighted by molar-refractivity contribution is 8.15. The number of hydrogen-bond donors (Lipinski definition) is 1. The Morgan fingerprint density at radius 1 is 1.33 bits per heavy atom. The molecule has 140 valence electrons. The topological polar surface area (TPSA) is 58.7 Å². The lowest BCUT2D eigenvalue weighted by atomic mass is 9.95. The van der Waals surface area contributed by atoms with E-state index in [-0.39, 0.29) is 17.4 Å². The normalized spacial score (nSPS) is 23.6. The summed E-state index contributed by atoms with van der Waals surface area (Å²) in [5, 5.41) is 6.18. The van der Waals surface area contributed by atoms with E-state index in [1.165, 1.54) is 23.7 Å². The van der Waals surface area contributed by atoms with Crippen LogP contribution in [0.25, 0.3) is 0 Å². The van der Waals surface area contributed by atoms with Gasteiger partial charge in [-0.15, -0.1) is 0 Å². The zero-order valence-corrected chi connectivity index (χ0v) is 15.6. The maximum atomic E-state index is 14.4. The molecule has 4 rings (SSSR count). The summed E-state index contributed by atoms with van der Waals surface area (Å²) in [6.45, 7) is 1.91. The van der Waals surface area contributed by atoms with Crippen molar-refractivity contribution in [1.82, 2.24) is 5.01 Å². The molecule has 0 aromatic heterocycles. The van der Waals surface area contributed by atoms with E-state index in [4.69, 9.17) is 5.73 Å². The first-order chi connectivity index (χ1) is 13.0. The Morgan fingerprint density at radius 3 is 2.85 bits per heavy atom. The molecule has 1 aliphatic heterocycles. The molecule has 0 radical (unpaired) electrons. The number of carbonyl (C=O) groups is 1. The summed E-state index contributed by atoms with van der Waals surface area (Å²) in [4.78, 5) is 11.7. The predicted molar refractivity (Wildman–Crippen MR) is 102 cm³/mol. The van der Waals surface area contributed by atoms with Gasteiger partial charge in [0.15, 0.2) is 0 Å². The van der Waals surface area contributed by atoms with Crippen LogP contribution in [0.2, 0.25) is 0 Å². The number of thioether (sulfide) groups is 1. The van der Waals surface area contributed by atoms with Gasteiger partial charge in [-0.3, -0.25) is 4.79 Å². The van der Waals surface area contributed by atoms with Crippen molar-refractivity contribution in [2.45, 2.75) is 24.6 Å². The number of carbonyl (C=O) groups excluding carboxylic acids is 1. The number of nitrogens with zero attached hydrogens (tertiary/aromatic N) is 2. The third-order valence-electron chi connectivity index (χ3n) is 5.15. The van der Waals surface area contributed by atoms with Gasteiger partial charge in [-0.2, -0.15) is 5.10 Å². The molecule has 2 aliphatic rings. The molecule has 1 spiro atoms. The van der Waals surface area contributed by atoms with Gasteiger partial charge in [0.25, 0.3) is 0 Å². The lowest BCUT2D eigenvalue weighted by Crippen LogP contribution is -2.44. The molecule has 2 unspecified atom stereocenters. The highest BCUT2D eigenvalue weighted by Gasteiger charge is 2.56. The molecule has 0 saturated heterocycles. The van der Waals surface area contributed by atoms with Crippen molar-refractivity contribution in [2.75, 3.05) is 6.54 Å². The minimum absolute atomic E-state index is 0.0340. The third-order valence-corrected chi connectivity index (χ3v) is 6.69. The zero-order chi connectivity index (χ0) is 19.2. The minimum Gasteiger partial charge on any atom is -0.330 e. The predicted octanol–water partition coefficient (Wildman–Crippen LogP) is 3.60. The Balaban J connectivity index is 1.87. The summed E-state index contributed by atoms with van der Waals surface area (Å²) >= 11 is 1.32. The summed E-state index contributed by atoms with van der Waals surface area (Å²) in [5.74, 6) is -1.32. The molecular weight excluding hydrogens is 368 g/mol. The number of rotatable bonds is 3. The van der Waals surface area contributed by atoms with Crippen molar-refractivity contribution in [3.8, 4) is 0 Å². The number of amides is 1. The first-order valence-corrected chi connectivity index (χ1v) is 9.61. The maximum absolute atomic E-state index is 14.4. The molecule has 27 heavy (non-hydrogen) atoms. The summed E-state index contributed by atoms with van der Waals surface area (Å²) in [6.07, 6.45) is 1.46. The van der Waals surface area contributed by atoms with Gasteiger partial charge < -0.3 is 5.73 Å². The highest BCUT2D eigenvalue weighted by atomic mass is 32.2. The van der Waals surface area contributed by atoms with Gasteiger partial charge in [-0.05, 0) is 48.7 Å². The van der Waals surface area contributed by atoms with Crippen molar-refractivity contribution in [3.05, 3.63) is 70.8 Å². The van der Waals surface area contributed by atoms with Gasteiger partial charge in [0.05, 0.1) is 0 Å². The fourth-order valence-electron chi connectivity index (χ4n) is 4.05. The maximum Gasteiger partial charge on any atom is 0.241 e. The lowest BCUT2D eigenvalue weighted by molar-refractivity contribution is -0.133. The van der Waals surface area contributed by atoms with E-state index in [2.05, 4.69) is 5.10 Å². The van der Waals surface area contributed by atoms with Crippen molar-refractivity contribution >= 4 is 22.7 Å². The Labute approximate surface area is 160 Å². The van der Waals surface area contributed by atoms with Crippen LogP contribution >= 0.6 is 11.8 Å². The van der Waals surface area contributed by atoms with E-state index in [1.807, 2.05) is 24.3 Å². The molecule has 2 N–H and O–H groups in total. The van der Waals surface area contributed by atoms with Gasteiger partial charge in [-0.25, -0.2) is 13.8 Å². The Kier molecular flexibility index (Phi) is 4.52. The summed E-state index contributed by atoms with van der Waals surface area (Å²) < 4.78 is 28.1. The van der Waals surface area contributed by atoms with Crippen molar-refractivity contribution in [2.24, 2.45) is 16.8 Å². The van der Waals surface area contributed by atoms with E-state index in [9.17, 15) is 13.6 Å². The molecular formula is C20H19F2N3OS. The standard InChI is InChI=1S/C20H19F2N3OS/c1-12(26)25-20(14(8-9-23)10-13-4-2-3-5-17(13)20)27-19(24-25)16-11-15(21)6-7-18(16)22/h2-7,11,14H,8-10,23H2,1H3. The zero-order valence-electron chi connectivity index (χ0n) is 14.8. The van der Waals surface area contributed by atoms with Crippen LogP contribution < -0.4 is 5.73 Å². The number of hydrogen-bond acceptors (Lipinski definition) is 4. The molecule has 2 aromatic carbocycles. The van der Waals surface area contributed by atoms with E-state index < -0.39 is 16.5 Å².